The van der Waals surface area contributed by atoms with Crippen molar-refractivity contribution in [2.75, 3.05) is 31.6 Å². The Morgan fingerprint density at radius 2 is 1.61 bits per heavy atom. The molecule has 0 saturated heterocycles. The maximum absolute atomic E-state index is 14.0. The highest BCUT2D eigenvalue weighted by Crippen LogP contribution is 2.32. The highest BCUT2D eigenvalue weighted by molar-refractivity contribution is 7.92. The van der Waals surface area contributed by atoms with E-state index in [-0.39, 0.29) is 35.2 Å². The van der Waals surface area contributed by atoms with Crippen molar-refractivity contribution >= 4 is 50.7 Å². The summed E-state index contributed by atoms with van der Waals surface area (Å²) in [6, 6.07) is 16.4. The van der Waals surface area contributed by atoms with Gasteiger partial charge in [0, 0.05) is 29.2 Å². The number of methoxy groups -OCH3 is 2. The van der Waals surface area contributed by atoms with E-state index in [1.165, 1.54) is 37.3 Å². The van der Waals surface area contributed by atoms with E-state index < -0.39 is 28.5 Å². The van der Waals surface area contributed by atoms with Gasteiger partial charge in [0.05, 0.1) is 24.8 Å². The van der Waals surface area contributed by atoms with Gasteiger partial charge in [-0.3, -0.25) is 13.9 Å². The summed E-state index contributed by atoms with van der Waals surface area (Å²) >= 11 is 12.5. The first-order valence-corrected chi connectivity index (χ1v) is 15.1. The fourth-order valence-corrected chi connectivity index (χ4v) is 6.17. The summed E-state index contributed by atoms with van der Waals surface area (Å²) < 4.78 is 39.6. The summed E-state index contributed by atoms with van der Waals surface area (Å²) in [5.41, 5.74) is 0.826. The second kappa shape index (κ2) is 14.4. The minimum atomic E-state index is -4.28. The topological polar surface area (TPSA) is 105 Å². The molecule has 41 heavy (non-hydrogen) atoms. The van der Waals surface area contributed by atoms with E-state index in [2.05, 4.69) is 5.32 Å². The third-order valence-electron chi connectivity index (χ3n) is 6.36. The smallest absolute Gasteiger partial charge is 0.264 e. The summed E-state index contributed by atoms with van der Waals surface area (Å²) in [4.78, 5) is 28.3. The van der Waals surface area contributed by atoms with E-state index in [9.17, 15) is 18.0 Å². The molecule has 0 bridgehead atoms. The second-order valence-corrected chi connectivity index (χ2v) is 11.6. The molecular weight excluding hydrogens is 589 g/mol. The molecule has 3 aromatic carbocycles. The molecule has 0 heterocycles. The lowest BCUT2D eigenvalue weighted by Crippen LogP contribution is -2.52. The average Bonchev–Trinajstić information content (AvgIpc) is 2.96. The van der Waals surface area contributed by atoms with Crippen LogP contribution in [0.4, 0.5) is 5.69 Å². The van der Waals surface area contributed by atoms with Crippen LogP contribution >= 0.6 is 23.2 Å². The minimum Gasteiger partial charge on any atom is -0.493 e. The molecule has 220 valence electrons. The molecule has 0 aliphatic rings. The Morgan fingerprint density at radius 1 is 0.927 bits per heavy atom. The summed E-state index contributed by atoms with van der Waals surface area (Å²) in [5.74, 6) is -0.383. The number of nitrogens with zero attached hydrogens (tertiary/aromatic N) is 2. The third-order valence-corrected chi connectivity index (χ3v) is 8.72. The van der Waals surface area contributed by atoms with Crippen molar-refractivity contribution in [3.8, 4) is 11.5 Å². The van der Waals surface area contributed by atoms with Crippen LogP contribution in [0, 0.1) is 0 Å². The zero-order chi connectivity index (χ0) is 30.2. The van der Waals surface area contributed by atoms with E-state index in [0.717, 1.165) is 4.31 Å². The molecule has 0 unspecified atom stereocenters. The van der Waals surface area contributed by atoms with E-state index in [4.69, 9.17) is 32.7 Å². The Bertz CT molecular complexity index is 1470. The van der Waals surface area contributed by atoms with Gasteiger partial charge in [0.15, 0.2) is 11.5 Å². The largest absolute Gasteiger partial charge is 0.493 e. The first-order valence-electron chi connectivity index (χ1n) is 12.9. The number of hydrogen-bond acceptors (Lipinski definition) is 6. The average molecular weight is 623 g/mol. The minimum absolute atomic E-state index is 0.0382. The fraction of sp³-hybridized carbons (Fsp3) is 0.310. The van der Waals surface area contributed by atoms with E-state index in [1.807, 2.05) is 0 Å². The lowest BCUT2D eigenvalue weighted by molar-refractivity contribution is -0.140. The summed E-state index contributed by atoms with van der Waals surface area (Å²) in [6.07, 6.45) is 0.288. The van der Waals surface area contributed by atoms with Crippen molar-refractivity contribution in [1.29, 1.82) is 0 Å². The number of carbonyl (C=O) groups excluding carboxylic acids is 2. The van der Waals surface area contributed by atoms with Crippen LogP contribution in [0.25, 0.3) is 0 Å². The van der Waals surface area contributed by atoms with Crippen molar-refractivity contribution in [2.24, 2.45) is 0 Å². The Labute approximate surface area is 251 Å². The number of sulfonamides is 1. The summed E-state index contributed by atoms with van der Waals surface area (Å²) in [7, 11) is -1.44. The van der Waals surface area contributed by atoms with Gasteiger partial charge in [-0.25, -0.2) is 8.42 Å². The molecule has 0 spiro atoms. The SMILES string of the molecule is CCNC(=O)[C@H](CC)N(Cc1ccc(Cl)cc1Cl)C(=O)CN(c1ccccc1)S(=O)(=O)c1ccc(OC)c(OC)c1. The van der Waals surface area contributed by atoms with Gasteiger partial charge in [-0.15, -0.1) is 0 Å². The lowest BCUT2D eigenvalue weighted by Gasteiger charge is -2.33. The zero-order valence-corrected chi connectivity index (χ0v) is 25.6. The molecule has 0 radical (unpaired) electrons. The standard InChI is InChI=1S/C29H33Cl2N3O6S/c1-5-25(29(36)32-6-2)33(18-20-12-13-21(30)16-24(20)31)28(35)19-34(22-10-8-7-9-11-22)41(37,38)23-14-15-26(39-3)27(17-23)40-4/h7-17,25H,5-6,18-19H2,1-4H3,(H,32,36)/t25-/m0/s1. The van der Waals surface area contributed by atoms with Crippen molar-refractivity contribution in [3.63, 3.8) is 0 Å². The first-order chi connectivity index (χ1) is 19.6. The fourth-order valence-electron chi connectivity index (χ4n) is 4.27. The molecule has 2 amide bonds. The van der Waals surface area contributed by atoms with Crippen molar-refractivity contribution < 1.29 is 27.5 Å². The Hall–Kier alpha value is -3.47. The Balaban J connectivity index is 2.09. The Kier molecular flexibility index (Phi) is 11.3. The van der Waals surface area contributed by atoms with Gasteiger partial charge in [0.2, 0.25) is 11.8 Å². The number of likely N-dealkylation sites (N-methyl/N-ethyl adjacent to an activating group) is 1. The molecule has 3 rings (SSSR count). The molecule has 9 nitrogen and oxygen atoms in total. The van der Waals surface area contributed by atoms with Gasteiger partial charge < -0.3 is 19.7 Å². The maximum Gasteiger partial charge on any atom is 0.264 e. The van der Waals surface area contributed by atoms with E-state index in [0.29, 0.717) is 27.9 Å². The van der Waals surface area contributed by atoms with Gasteiger partial charge in [0.1, 0.15) is 12.6 Å². The zero-order valence-electron chi connectivity index (χ0n) is 23.3. The van der Waals surface area contributed by atoms with Crippen LogP contribution in [0.3, 0.4) is 0 Å². The number of hydrogen-bond donors (Lipinski definition) is 1. The van der Waals surface area contributed by atoms with Gasteiger partial charge in [-0.1, -0.05) is 54.4 Å². The number of amides is 2. The van der Waals surface area contributed by atoms with Crippen LogP contribution < -0.4 is 19.1 Å². The van der Waals surface area contributed by atoms with Crippen molar-refractivity contribution in [3.05, 3.63) is 82.3 Å². The first kappa shape index (κ1) is 32.0. The number of ether oxygens (including phenoxy) is 2. The van der Waals surface area contributed by atoms with Crippen LogP contribution in [-0.4, -0.2) is 58.5 Å². The van der Waals surface area contributed by atoms with Crippen molar-refractivity contribution in [1.82, 2.24) is 10.2 Å². The lowest BCUT2D eigenvalue weighted by atomic mass is 10.1. The quantitative estimate of drug-likeness (QED) is 0.283. The highest BCUT2D eigenvalue weighted by Gasteiger charge is 2.34. The molecule has 0 aliphatic heterocycles. The van der Waals surface area contributed by atoms with Crippen molar-refractivity contribution in [2.45, 2.75) is 37.8 Å². The van der Waals surface area contributed by atoms with Crippen LogP contribution in [0.2, 0.25) is 10.0 Å². The van der Waals surface area contributed by atoms with Gasteiger partial charge in [-0.05, 0) is 55.3 Å². The van der Waals surface area contributed by atoms with E-state index >= 15 is 0 Å². The summed E-state index contributed by atoms with van der Waals surface area (Å²) in [5, 5.41) is 3.50. The molecule has 3 aromatic rings. The normalized spacial score (nSPS) is 11.9. The Morgan fingerprint density at radius 3 is 2.20 bits per heavy atom. The molecule has 0 saturated carbocycles. The number of halogens is 2. The second-order valence-electron chi connectivity index (χ2n) is 8.94. The number of nitrogens with one attached hydrogen (secondary N) is 1. The molecular formula is C29H33Cl2N3O6S. The molecule has 0 fully saturated rings. The molecule has 0 aromatic heterocycles. The molecule has 12 heteroatoms. The summed E-state index contributed by atoms with van der Waals surface area (Å²) in [6.45, 7) is 3.30. The predicted octanol–water partition coefficient (Wildman–Crippen LogP) is 5.15. The number of benzene rings is 3. The highest BCUT2D eigenvalue weighted by atomic mass is 35.5. The third kappa shape index (κ3) is 7.63. The number of anilines is 1. The molecule has 1 N–H and O–H groups in total. The van der Waals surface area contributed by atoms with Crippen LogP contribution in [-0.2, 0) is 26.2 Å². The van der Waals surface area contributed by atoms with Gasteiger partial charge >= 0.3 is 0 Å². The number of carbonyl (C=O) groups is 2. The predicted molar refractivity (Wildman–Crippen MR) is 160 cm³/mol. The molecule has 1 atom stereocenters. The monoisotopic (exact) mass is 621 g/mol. The maximum atomic E-state index is 14.0. The number of para-hydroxylation sites is 1. The van der Waals surface area contributed by atoms with Crippen LogP contribution in [0.15, 0.2) is 71.6 Å². The van der Waals surface area contributed by atoms with Crippen LogP contribution in [0.5, 0.6) is 11.5 Å². The van der Waals surface area contributed by atoms with Crippen LogP contribution in [0.1, 0.15) is 25.8 Å². The number of rotatable bonds is 13. The molecule has 0 aliphatic carbocycles. The van der Waals surface area contributed by atoms with Gasteiger partial charge in [-0.2, -0.15) is 0 Å². The van der Waals surface area contributed by atoms with Gasteiger partial charge in [0.25, 0.3) is 10.0 Å². The van der Waals surface area contributed by atoms with E-state index in [1.54, 1.807) is 62.4 Å².